The third kappa shape index (κ3) is 3.40. The number of carbonyl (C=O) groups is 1. The summed E-state index contributed by atoms with van der Waals surface area (Å²) in [6, 6.07) is 9.43. The molecule has 0 amide bonds. The van der Waals surface area contributed by atoms with Crippen LogP contribution in [-0.4, -0.2) is 11.1 Å². The summed E-state index contributed by atoms with van der Waals surface area (Å²) in [7, 11) is 0. The highest BCUT2D eigenvalue weighted by Gasteiger charge is 2.12. The number of rotatable bonds is 4. The molecule has 0 atom stereocenters. The lowest BCUT2D eigenvalue weighted by atomic mass is 10.0. The molecule has 2 rings (SSSR count). The van der Waals surface area contributed by atoms with Crippen LogP contribution in [0.5, 0.6) is 11.5 Å². The fourth-order valence-corrected chi connectivity index (χ4v) is 1.92. The summed E-state index contributed by atoms with van der Waals surface area (Å²) in [6.07, 6.45) is 0. The molecule has 0 aromatic heterocycles. The second kappa shape index (κ2) is 5.95. The normalized spacial score (nSPS) is 10.7. The van der Waals surface area contributed by atoms with Crippen molar-refractivity contribution >= 4 is 5.97 Å². The average Bonchev–Trinajstić information content (AvgIpc) is 2.42. The molecule has 0 saturated carbocycles. The number of hydrogen-bond donors (Lipinski definition) is 1. The van der Waals surface area contributed by atoms with Crippen LogP contribution < -0.4 is 4.74 Å². The number of carboxylic acids is 1. The Labute approximate surface area is 123 Å². The topological polar surface area (TPSA) is 46.5 Å². The fraction of sp³-hybridized carbons (Fsp3) is 0.235. The van der Waals surface area contributed by atoms with Crippen LogP contribution in [0.2, 0.25) is 0 Å². The molecular weight excluding hydrogens is 271 g/mol. The minimum atomic E-state index is -1.17. The molecule has 0 bridgehead atoms. The van der Waals surface area contributed by atoms with Crippen molar-refractivity contribution in [2.75, 3.05) is 0 Å². The second-order valence-corrected chi connectivity index (χ2v) is 5.23. The maximum absolute atomic E-state index is 13.9. The van der Waals surface area contributed by atoms with Crippen molar-refractivity contribution in [3.63, 3.8) is 0 Å². The van der Waals surface area contributed by atoms with Gasteiger partial charge in [-0.15, -0.1) is 0 Å². The lowest BCUT2D eigenvalue weighted by Crippen LogP contribution is -1.99. The molecule has 0 heterocycles. The minimum absolute atomic E-state index is 0.0176. The SMILES string of the molecule is Cc1ccc(C(C)C)cc1Oc1ccc(C(=O)O)cc1F. The molecule has 0 aliphatic carbocycles. The molecule has 21 heavy (non-hydrogen) atoms. The van der Waals surface area contributed by atoms with Crippen molar-refractivity contribution in [2.45, 2.75) is 26.7 Å². The predicted molar refractivity (Wildman–Crippen MR) is 78.7 cm³/mol. The van der Waals surface area contributed by atoms with Crippen LogP contribution >= 0.6 is 0 Å². The second-order valence-electron chi connectivity index (χ2n) is 5.23. The summed E-state index contributed by atoms with van der Waals surface area (Å²) in [6.45, 7) is 6.01. The van der Waals surface area contributed by atoms with Crippen LogP contribution in [0.1, 0.15) is 41.3 Å². The highest BCUT2D eigenvalue weighted by molar-refractivity contribution is 5.87. The van der Waals surface area contributed by atoms with Crippen LogP contribution in [-0.2, 0) is 0 Å². The van der Waals surface area contributed by atoms with Gasteiger partial charge in [0.2, 0.25) is 0 Å². The minimum Gasteiger partial charge on any atom is -0.478 e. The Bertz CT molecular complexity index is 678. The molecule has 0 spiro atoms. The van der Waals surface area contributed by atoms with Crippen molar-refractivity contribution in [3.05, 3.63) is 58.9 Å². The highest BCUT2D eigenvalue weighted by atomic mass is 19.1. The van der Waals surface area contributed by atoms with Gasteiger partial charge in [0, 0.05) is 0 Å². The third-order valence-electron chi connectivity index (χ3n) is 3.28. The van der Waals surface area contributed by atoms with Crippen molar-refractivity contribution in [2.24, 2.45) is 0 Å². The molecule has 0 unspecified atom stereocenters. The smallest absolute Gasteiger partial charge is 0.335 e. The van der Waals surface area contributed by atoms with E-state index < -0.39 is 11.8 Å². The number of benzene rings is 2. The van der Waals surface area contributed by atoms with Crippen LogP contribution in [0.3, 0.4) is 0 Å². The van der Waals surface area contributed by atoms with Gasteiger partial charge in [0.05, 0.1) is 5.56 Å². The Morgan fingerprint density at radius 3 is 2.43 bits per heavy atom. The number of halogens is 1. The van der Waals surface area contributed by atoms with E-state index in [1.807, 2.05) is 25.1 Å². The first-order chi connectivity index (χ1) is 9.88. The molecule has 4 heteroatoms. The van der Waals surface area contributed by atoms with Gasteiger partial charge >= 0.3 is 5.97 Å². The Balaban J connectivity index is 2.34. The van der Waals surface area contributed by atoms with Crippen LogP contribution in [0.25, 0.3) is 0 Å². The molecule has 0 radical (unpaired) electrons. The van der Waals surface area contributed by atoms with Gasteiger partial charge in [-0.3, -0.25) is 0 Å². The van der Waals surface area contributed by atoms with Crippen molar-refractivity contribution < 1.29 is 19.0 Å². The van der Waals surface area contributed by atoms with Gasteiger partial charge in [0.25, 0.3) is 0 Å². The summed E-state index contributed by atoms with van der Waals surface area (Å²) in [5, 5.41) is 8.82. The zero-order valence-electron chi connectivity index (χ0n) is 12.2. The summed E-state index contributed by atoms with van der Waals surface area (Å²) in [5.41, 5.74) is 1.88. The van der Waals surface area contributed by atoms with E-state index in [1.165, 1.54) is 12.1 Å². The van der Waals surface area contributed by atoms with Crippen LogP contribution in [0.4, 0.5) is 4.39 Å². The van der Waals surface area contributed by atoms with Gasteiger partial charge in [0.1, 0.15) is 5.75 Å². The average molecular weight is 288 g/mol. The van der Waals surface area contributed by atoms with Gasteiger partial charge in [-0.25, -0.2) is 9.18 Å². The zero-order valence-corrected chi connectivity index (χ0v) is 12.2. The Morgan fingerprint density at radius 1 is 1.14 bits per heavy atom. The van der Waals surface area contributed by atoms with E-state index in [2.05, 4.69) is 13.8 Å². The lowest BCUT2D eigenvalue weighted by Gasteiger charge is -2.13. The summed E-state index contributed by atoms with van der Waals surface area (Å²) in [4.78, 5) is 10.8. The first kappa shape index (κ1) is 15.0. The Kier molecular flexibility index (Phi) is 4.26. The number of aryl methyl sites for hydroxylation is 1. The quantitative estimate of drug-likeness (QED) is 0.883. The number of carboxylic acid groups (broad SMARTS) is 1. The first-order valence-corrected chi connectivity index (χ1v) is 6.69. The monoisotopic (exact) mass is 288 g/mol. The molecule has 3 nitrogen and oxygen atoms in total. The van der Waals surface area contributed by atoms with E-state index in [9.17, 15) is 9.18 Å². The van der Waals surface area contributed by atoms with Gasteiger partial charge in [-0.05, 0) is 48.2 Å². The molecule has 110 valence electrons. The van der Waals surface area contributed by atoms with Crippen LogP contribution in [0, 0.1) is 12.7 Å². The van der Waals surface area contributed by atoms with Gasteiger partial charge in [-0.2, -0.15) is 0 Å². The zero-order chi connectivity index (χ0) is 15.6. The number of ether oxygens (including phenoxy) is 1. The molecular formula is C17H17FO3. The maximum atomic E-state index is 13.9. The summed E-state index contributed by atoms with van der Waals surface area (Å²) < 4.78 is 19.5. The fourth-order valence-electron chi connectivity index (χ4n) is 1.92. The van der Waals surface area contributed by atoms with E-state index in [-0.39, 0.29) is 11.3 Å². The van der Waals surface area contributed by atoms with Crippen molar-refractivity contribution in [3.8, 4) is 11.5 Å². The van der Waals surface area contributed by atoms with Crippen molar-refractivity contribution in [1.82, 2.24) is 0 Å². The summed E-state index contributed by atoms with van der Waals surface area (Å²) in [5.74, 6) is -0.929. The molecule has 2 aromatic carbocycles. The van der Waals surface area contributed by atoms with Gasteiger partial charge in [-0.1, -0.05) is 26.0 Å². The molecule has 0 aliphatic heterocycles. The highest BCUT2D eigenvalue weighted by Crippen LogP contribution is 2.30. The molecule has 0 saturated heterocycles. The van der Waals surface area contributed by atoms with Gasteiger partial charge < -0.3 is 9.84 Å². The van der Waals surface area contributed by atoms with Crippen molar-refractivity contribution in [1.29, 1.82) is 0 Å². The third-order valence-corrected chi connectivity index (χ3v) is 3.28. The van der Waals surface area contributed by atoms with Gasteiger partial charge in [0.15, 0.2) is 11.6 Å². The lowest BCUT2D eigenvalue weighted by molar-refractivity contribution is 0.0696. The summed E-state index contributed by atoms with van der Waals surface area (Å²) >= 11 is 0. The molecule has 0 aliphatic rings. The van der Waals surface area contributed by atoms with E-state index in [0.717, 1.165) is 17.2 Å². The molecule has 2 aromatic rings. The van der Waals surface area contributed by atoms with E-state index in [4.69, 9.17) is 9.84 Å². The molecule has 1 N–H and O–H groups in total. The van der Waals surface area contributed by atoms with E-state index in [0.29, 0.717) is 11.7 Å². The molecule has 0 fully saturated rings. The first-order valence-electron chi connectivity index (χ1n) is 6.69. The van der Waals surface area contributed by atoms with E-state index in [1.54, 1.807) is 0 Å². The Morgan fingerprint density at radius 2 is 1.86 bits per heavy atom. The standard InChI is InChI=1S/C17H17FO3/c1-10(2)12-5-4-11(3)16(9-12)21-15-7-6-13(17(19)20)8-14(15)18/h4-10H,1-3H3,(H,19,20). The Hall–Kier alpha value is -2.36. The number of hydrogen-bond acceptors (Lipinski definition) is 2. The predicted octanol–water partition coefficient (Wildman–Crippen LogP) is 4.75. The van der Waals surface area contributed by atoms with E-state index >= 15 is 0 Å². The number of aromatic carboxylic acids is 1. The van der Waals surface area contributed by atoms with Crippen LogP contribution in [0.15, 0.2) is 36.4 Å². The largest absolute Gasteiger partial charge is 0.478 e. The maximum Gasteiger partial charge on any atom is 0.335 e.